The summed E-state index contributed by atoms with van der Waals surface area (Å²) in [6.07, 6.45) is 23.4. The van der Waals surface area contributed by atoms with E-state index in [-0.39, 0.29) is 23.1 Å². The minimum atomic E-state index is 0. The molecule has 0 heterocycles. The van der Waals surface area contributed by atoms with Crippen LogP contribution in [-0.4, -0.2) is 23.1 Å². The Morgan fingerprint density at radius 2 is 0.474 bits per heavy atom. The standard InChI is InChI=1S/C18H38.Mg/c1-3-5-7-9-11-13-15-17-18-16-14-12-10-8-6-4-2;/h3-18H2,1-2H3;. The third-order valence-electron chi connectivity index (χ3n) is 3.96. The molecular formula is C18H38Mg. The lowest BCUT2D eigenvalue weighted by atomic mass is 10.0. The molecule has 0 rings (SSSR count). The first-order valence-corrected chi connectivity index (χ1v) is 8.91. The molecule has 0 bridgehead atoms. The maximum atomic E-state index is 2.29. The van der Waals surface area contributed by atoms with E-state index in [4.69, 9.17) is 0 Å². The van der Waals surface area contributed by atoms with Crippen molar-refractivity contribution in [2.24, 2.45) is 0 Å². The van der Waals surface area contributed by atoms with Crippen LogP contribution in [-0.2, 0) is 0 Å². The third kappa shape index (κ3) is 21.2. The zero-order chi connectivity index (χ0) is 13.3. The van der Waals surface area contributed by atoms with Crippen LogP contribution in [0.2, 0.25) is 0 Å². The van der Waals surface area contributed by atoms with Gasteiger partial charge in [0.05, 0.1) is 0 Å². The van der Waals surface area contributed by atoms with Crippen LogP contribution < -0.4 is 0 Å². The predicted octanol–water partition coefficient (Wildman–Crippen LogP) is 6.89. The van der Waals surface area contributed by atoms with Gasteiger partial charge in [0.1, 0.15) is 0 Å². The highest BCUT2D eigenvalue weighted by molar-refractivity contribution is 5.75. The van der Waals surface area contributed by atoms with E-state index < -0.39 is 0 Å². The Labute approximate surface area is 139 Å². The van der Waals surface area contributed by atoms with E-state index in [0.717, 1.165) is 0 Å². The third-order valence-corrected chi connectivity index (χ3v) is 3.96. The maximum Gasteiger partial charge on any atom is 0 e. The van der Waals surface area contributed by atoms with E-state index in [1.807, 2.05) is 0 Å². The van der Waals surface area contributed by atoms with Crippen molar-refractivity contribution >= 4 is 23.1 Å². The average molecular weight is 279 g/mol. The van der Waals surface area contributed by atoms with Gasteiger partial charge in [-0.2, -0.15) is 0 Å². The lowest BCUT2D eigenvalue weighted by Gasteiger charge is -2.03. The van der Waals surface area contributed by atoms with Crippen molar-refractivity contribution in [2.45, 2.75) is 117 Å². The Bertz CT molecular complexity index is 118. The van der Waals surface area contributed by atoms with Gasteiger partial charge in [-0.25, -0.2) is 0 Å². The lowest BCUT2D eigenvalue weighted by Crippen LogP contribution is -1.83. The normalized spacial score (nSPS) is 10.4. The molecule has 0 saturated heterocycles. The van der Waals surface area contributed by atoms with Crippen LogP contribution in [0.5, 0.6) is 0 Å². The lowest BCUT2D eigenvalue weighted by molar-refractivity contribution is 0.531. The van der Waals surface area contributed by atoms with Crippen LogP contribution in [0.3, 0.4) is 0 Å². The summed E-state index contributed by atoms with van der Waals surface area (Å²) in [6, 6.07) is 0. The molecule has 0 unspecified atom stereocenters. The zero-order valence-electron chi connectivity index (χ0n) is 14.0. The van der Waals surface area contributed by atoms with Gasteiger partial charge in [0.25, 0.3) is 0 Å². The molecule has 0 aliphatic carbocycles. The van der Waals surface area contributed by atoms with Crippen molar-refractivity contribution < 1.29 is 0 Å². The number of hydrogen-bond donors (Lipinski definition) is 0. The Kier molecular flexibility index (Phi) is 24.5. The van der Waals surface area contributed by atoms with Crippen LogP contribution in [0, 0.1) is 0 Å². The fourth-order valence-electron chi connectivity index (χ4n) is 2.62. The number of unbranched alkanes of at least 4 members (excludes halogenated alkanes) is 15. The van der Waals surface area contributed by atoms with Gasteiger partial charge in [-0.05, 0) is 0 Å². The SMILES string of the molecule is CCCCCCCCCCCCCCCCCC.[Mg]. The molecule has 0 nitrogen and oxygen atoms in total. The zero-order valence-corrected chi connectivity index (χ0v) is 15.4. The number of hydrogen-bond acceptors (Lipinski definition) is 0. The minimum Gasteiger partial charge on any atom is -0.0654 e. The van der Waals surface area contributed by atoms with Gasteiger partial charge in [-0.15, -0.1) is 0 Å². The van der Waals surface area contributed by atoms with Gasteiger partial charge in [0.2, 0.25) is 0 Å². The van der Waals surface area contributed by atoms with E-state index in [0.29, 0.717) is 0 Å². The fourth-order valence-corrected chi connectivity index (χ4v) is 2.62. The molecule has 112 valence electrons. The Balaban J connectivity index is 0. The maximum absolute atomic E-state index is 2.29. The van der Waals surface area contributed by atoms with Crippen molar-refractivity contribution in [3.63, 3.8) is 0 Å². The molecule has 0 fully saturated rings. The molecule has 0 aromatic heterocycles. The van der Waals surface area contributed by atoms with Crippen molar-refractivity contribution in [3.05, 3.63) is 0 Å². The second-order valence-electron chi connectivity index (χ2n) is 5.95. The molecule has 0 saturated carbocycles. The summed E-state index contributed by atoms with van der Waals surface area (Å²) in [6.45, 7) is 4.59. The molecule has 19 heavy (non-hydrogen) atoms. The summed E-state index contributed by atoms with van der Waals surface area (Å²) in [5, 5.41) is 0. The monoisotopic (exact) mass is 278 g/mol. The van der Waals surface area contributed by atoms with Gasteiger partial charge in [0.15, 0.2) is 0 Å². The largest absolute Gasteiger partial charge is 0.0654 e. The highest BCUT2D eigenvalue weighted by Crippen LogP contribution is 2.13. The second-order valence-corrected chi connectivity index (χ2v) is 5.95. The van der Waals surface area contributed by atoms with Crippen LogP contribution in [0.4, 0.5) is 0 Å². The fraction of sp³-hybridized carbons (Fsp3) is 1.00. The summed E-state index contributed by atoms with van der Waals surface area (Å²) in [5.41, 5.74) is 0. The van der Waals surface area contributed by atoms with E-state index >= 15 is 0 Å². The highest BCUT2D eigenvalue weighted by Gasteiger charge is 1.93. The van der Waals surface area contributed by atoms with E-state index in [9.17, 15) is 0 Å². The molecule has 0 aliphatic heterocycles. The quantitative estimate of drug-likeness (QED) is 0.226. The van der Waals surface area contributed by atoms with Crippen LogP contribution in [0.15, 0.2) is 0 Å². The Morgan fingerprint density at radius 3 is 0.632 bits per heavy atom. The van der Waals surface area contributed by atoms with Gasteiger partial charge < -0.3 is 0 Å². The van der Waals surface area contributed by atoms with E-state index in [1.54, 1.807) is 0 Å². The molecule has 0 N–H and O–H groups in total. The molecule has 0 amide bonds. The van der Waals surface area contributed by atoms with Gasteiger partial charge >= 0.3 is 0 Å². The van der Waals surface area contributed by atoms with Crippen molar-refractivity contribution in [3.8, 4) is 0 Å². The minimum absolute atomic E-state index is 0. The Hall–Kier alpha value is 0.766. The first kappa shape index (κ1) is 22.1. The topological polar surface area (TPSA) is 0 Å². The van der Waals surface area contributed by atoms with Gasteiger partial charge in [-0.1, -0.05) is 117 Å². The summed E-state index contributed by atoms with van der Waals surface area (Å²) in [5.74, 6) is 0. The van der Waals surface area contributed by atoms with E-state index in [2.05, 4.69) is 13.8 Å². The summed E-state index contributed by atoms with van der Waals surface area (Å²) in [4.78, 5) is 0. The first-order valence-electron chi connectivity index (χ1n) is 8.91. The smallest absolute Gasteiger partial charge is 0 e. The average Bonchev–Trinajstić information content (AvgIpc) is 2.39. The second kappa shape index (κ2) is 21.1. The van der Waals surface area contributed by atoms with Crippen molar-refractivity contribution in [1.82, 2.24) is 0 Å². The van der Waals surface area contributed by atoms with Crippen LogP contribution >= 0.6 is 0 Å². The molecule has 1 heteroatoms. The van der Waals surface area contributed by atoms with E-state index in [1.165, 1.54) is 103 Å². The molecule has 0 spiro atoms. The van der Waals surface area contributed by atoms with Crippen molar-refractivity contribution in [1.29, 1.82) is 0 Å². The van der Waals surface area contributed by atoms with Crippen LogP contribution in [0.1, 0.15) is 117 Å². The highest BCUT2D eigenvalue weighted by atomic mass is 24.3. The summed E-state index contributed by atoms with van der Waals surface area (Å²) >= 11 is 0. The molecular weight excluding hydrogens is 241 g/mol. The predicted molar refractivity (Wildman–Crippen MR) is 91.0 cm³/mol. The van der Waals surface area contributed by atoms with Crippen LogP contribution in [0.25, 0.3) is 0 Å². The molecule has 0 aliphatic rings. The van der Waals surface area contributed by atoms with Gasteiger partial charge in [-0.3, -0.25) is 0 Å². The molecule has 0 aromatic carbocycles. The summed E-state index contributed by atoms with van der Waals surface area (Å²) in [7, 11) is 0. The first-order chi connectivity index (χ1) is 8.91. The number of rotatable bonds is 15. The van der Waals surface area contributed by atoms with Gasteiger partial charge in [0, 0.05) is 23.1 Å². The molecule has 0 aromatic rings. The summed E-state index contributed by atoms with van der Waals surface area (Å²) < 4.78 is 0. The molecule has 2 radical (unpaired) electrons. The Morgan fingerprint density at radius 1 is 0.316 bits per heavy atom. The molecule has 0 atom stereocenters. The van der Waals surface area contributed by atoms with Crippen molar-refractivity contribution in [2.75, 3.05) is 0 Å².